The van der Waals surface area contributed by atoms with Crippen LogP contribution in [0.4, 0.5) is 24.9 Å². The molecule has 1 fully saturated rings. The lowest BCUT2D eigenvalue weighted by atomic mass is 9.95. The predicted molar refractivity (Wildman–Crippen MR) is 114 cm³/mol. The van der Waals surface area contributed by atoms with Crippen LogP contribution in [0.1, 0.15) is 43.2 Å². The van der Waals surface area contributed by atoms with Gasteiger partial charge in [0.25, 0.3) is 0 Å². The molecule has 0 atom stereocenters. The van der Waals surface area contributed by atoms with Gasteiger partial charge in [0.2, 0.25) is 5.95 Å². The Hall–Kier alpha value is -3.10. The third kappa shape index (κ3) is 5.34. The first-order valence-corrected chi connectivity index (χ1v) is 10.4. The maximum Gasteiger partial charge on any atom is 0.416 e. The lowest BCUT2D eigenvalue weighted by Gasteiger charge is -2.24. The fraction of sp³-hybridized carbons (Fsp3) is 0.409. The van der Waals surface area contributed by atoms with Gasteiger partial charge in [0.1, 0.15) is 5.82 Å². The Morgan fingerprint density at radius 3 is 2.65 bits per heavy atom. The Bertz CT molecular complexity index is 1020. The first kappa shape index (κ1) is 21.1. The van der Waals surface area contributed by atoms with E-state index < -0.39 is 11.7 Å². The summed E-state index contributed by atoms with van der Waals surface area (Å²) in [5.41, 5.74) is 1.60. The number of anilines is 2. The van der Waals surface area contributed by atoms with E-state index in [0.29, 0.717) is 23.4 Å². The summed E-state index contributed by atoms with van der Waals surface area (Å²) in [6.07, 6.45) is 6.82. The van der Waals surface area contributed by atoms with Crippen LogP contribution in [0.5, 0.6) is 0 Å². The Balaban J connectivity index is 1.55. The molecule has 164 valence electrons. The molecule has 1 aliphatic carbocycles. The van der Waals surface area contributed by atoms with E-state index in [1.807, 2.05) is 13.2 Å². The molecule has 2 N–H and O–H groups in total. The monoisotopic (exact) mass is 430 g/mol. The number of aromatic nitrogens is 4. The number of hydrogen-bond donors (Lipinski definition) is 2. The standard InChI is InChI=1S/C22H25F3N6/c1-31-14-16(12-28-31)19-13-27-21(30-20(19)29-18-8-3-2-4-9-18)26-11-15-6-5-7-17(10-15)22(23,24)25/h5-7,10,12-14,18H,2-4,8-9,11H2,1H3,(H2,26,27,29,30). The Morgan fingerprint density at radius 2 is 1.94 bits per heavy atom. The van der Waals surface area contributed by atoms with Crippen LogP contribution in [0.2, 0.25) is 0 Å². The minimum atomic E-state index is -4.37. The van der Waals surface area contributed by atoms with E-state index in [-0.39, 0.29) is 6.54 Å². The van der Waals surface area contributed by atoms with Crippen molar-refractivity contribution in [3.05, 3.63) is 54.0 Å². The smallest absolute Gasteiger partial charge is 0.367 e. The van der Waals surface area contributed by atoms with Crippen LogP contribution in [0.3, 0.4) is 0 Å². The minimum absolute atomic E-state index is 0.193. The van der Waals surface area contributed by atoms with Crippen molar-refractivity contribution in [1.29, 1.82) is 0 Å². The van der Waals surface area contributed by atoms with Crippen molar-refractivity contribution in [1.82, 2.24) is 19.7 Å². The summed E-state index contributed by atoms with van der Waals surface area (Å²) in [5.74, 6) is 1.07. The highest BCUT2D eigenvalue weighted by Crippen LogP contribution is 2.31. The number of hydrogen-bond acceptors (Lipinski definition) is 5. The number of nitrogens with one attached hydrogen (secondary N) is 2. The van der Waals surface area contributed by atoms with E-state index in [2.05, 4.69) is 25.7 Å². The Morgan fingerprint density at radius 1 is 1.13 bits per heavy atom. The molecule has 0 spiro atoms. The highest BCUT2D eigenvalue weighted by Gasteiger charge is 2.30. The summed E-state index contributed by atoms with van der Waals surface area (Å²) in [6, 6.07) is 5.60. The molecule has 0 unspecified atom stereocenters. The summed E-state index contributed by atoms with van der Waals surface area (Å²) in [4.78, 5) is 9.03. The van der Waals surface area contributed by atoms with Crippen LogP contribution < -0.4 is 10.6 Å². The zero-order valence-electron chi connectivity index (χ0n) is 17.3. The maximum absolute atomic E-state index is 13.0. The van der Waals surface area contributed by atoms with E-state index in [0.717, 1.165) is 36.1 Å². The van der Waals surface area contributed by atoms with E-state index in [1.54, 1.807) is 23.1 Å². The molecule has 6 nitrogen and oxygen atoms in total. The average Bonchev–Trinajstić information content (AvgIpc) is 3.19. The van der Waals surface area contributed by atoms with Crippen LogP contribution in [-0.4, -0.2) is 25.8 Å². The van der Waals surface area contributed by atoms with Gasteiger partial charge in [-0.05, 0) is 30.5 Å². The molecule has 4 rings (SSSR count). The van der Waals surface area contributed by atoms with E-state index in [9.17, 15) is 13.2 Å². The third-order valence-corrected chi connectivity index (χ3v) is 5.46. The highest BCUT2D eigenvalue weighted by atomic mass is 19.4. The SMILES string of the molecule is Cn1cc(-c2cnc(NCc3cccc(C(F)(F)F)c3)nc2NC2CCCCC2)cn1. The van der Waals surface area contributed by atoms with Crippen LogP contribution in [0.25, 0.3) is 11.1 Å². The molecule has 0 aliphatic heterocycles. The zero-order valence-corrected chi connectivity index (χ0v) is 17.3. The summed E-state index contributed by atoms with van der Waals surface area (Å²) in [6.45, 7) is 0.193. The molecule has 2 heterocycles. The molecular formula is C22H25F3N6. The van der Waals surface area contributed by atoms with Gasteiger partial charge in [0, 0.05) is 43.2 Å². The maximum atomic E-state index is 13.0. The molecule has 0 bridgehead atoms. The van der Waals surface area contributed by atoms with Gasteiger partial charge in [0.05, 0.1) is 11.8 Å². The van der Waals surface area contributed by atoms with Crippen molar-refractivity contribution < 1.29 is 13.2 Å². The summed E-state index contributed by atoms with van der Waals surface area (Å²) in [5, 5.41) is 10.8. The Labute approximate surface area is 178 Å². The van der Waals surface area contributed by atoms with Crippen LogP contribution in [0.15, 0.2) is 42.9 Å². The van der Waals surface area contributed by atoms with Gasteiger partial charge in [-0.1, -0.05) is 31.4 Å². The topological polar surface area (TPSA) is 67.7 Å². The largest absolute Gasteiger partial charge is 0.416 e. The zero-order chi connectivity index (χ0) is 21.8. The molecule has 1 aliphatic rings. The molecule has 3 aromatic rings. The van der Waals surface area contributed by atoms with Crippen LogP contribution >= 0.6 is 0 Å². The molecule has 31 heavy (non-hydrogen) atoms. The molecule has 0 saturated heterocycles. The molecule has 0 amide bonds. The fourth-order valence-electron chi connectivity index (χ4n) is 3.83. The van der Waals surface area contributed by atoms with Gasteiger partial charge in [-0.15, -0.1) is 0 Å². The Kier molecular flexibility index (Phi) is 6.11. The number of benzene rings is 1. The van der Waals surface area contributed by atoms with Gasteiger partial charge >= 0.3 is 6.18 Å². The fourth-order valence-corrected chi connectivity index (χ4v) is 3.83. The predicted octanol–water partition coefficient (Wildman–Crippen LogP) is 5.25. The quantitative estimate of drug-likeness (QED) is 0.559. The molecular weight excluding hydrogens is 405 g/mol. The van der Waals surface area contributed by atoms with Crippen molar-refractivity contribution >= 4 is 11.8 Å². The number of aryl methyl sites for hydroxylation is 1. The van der Waals surface area contributed by atoms with Gasteiger partial charge in [-0.25, -0.2) is 4.98 Å². The number of nitrogens with zero attached hydrogens (tertiary/aromatic N) is 4. The van der Waals surface area contributed by atoms with Gasteiger partial charge in [-0.2, -0.15) is 23.3 Å². The molecule has 0 radical (unpaired) electrons. The van der Waals surface area contributed by atoms with Crippen molar-refractivity contribution in [2.45, 2.75) is 50.9 Å². The van der Waals surface area contributed by atoms with E-state index in [1.165, 1.54) is 25.3 Å². The van der Waals surface area contributed by atoms with Crippen molar-refractivity contribution in [2.75, 3.05) is 10.6 Å². The van der Waals surface area contributed by atoms with Crippen LogP contribution in [0, 0.1) is 0 Å². The normalized spacial score (nSPS) is 15.1. The second-order valence-corrected chi connectivity index (χ2v) is 7.89. The van der Waals surface area contributed by atoms with Gasteiger partial charge in [-0.3, -0.25) is 4.68 Å². The lowest BCUT2D eigenvalue weighted by molar-refractivity contribution is -0.137. The first-order valence-electron chi connectivity index (χ1n) is 10.4. The van der Waals surface area contributed by atoms with Gasteiger partial charge in [0.15, 0.2) is 0 Å². The highest BCUT2D eigenvalue weighted by molar-refractivity contribution is 5.74. The molecule has 1 saturated carbocycles. The van der Waals surface area contributed by atoms with Gasteiger partial charge < -0.3 is 10.6 Å². The first-order chi connectivity index (χ1) is 14.9. The van der Waals surface area contributed by atoms with E-state index in [4.69, 9.17) is 0 Å². The second-order valence-electron chi connectivity index (χ2n) is 7.89. The van der Waals surface area contributed by atoms with Crippen molar-refractivity contribution in [3.8, 4) is 11.1 Å². The third-order valence-electron chi connectivity index (χ3n) is 5.46. The molecule has 2 aromatic heterocycles. The number of rotatable bonds is 6. The summed E-state index contributed by atoms with van der Waals surface area (Å²) < 4.78 is 40.6. The second kappa shape index (κ2) is 8.95. The van der Waals surface area contributed by atoms with Crippen molar-refractivity contribution in [2.24, 2.45) is 7.05 Å². The summed E-state index contributed by atoms with van der Waals surface area (Å²) >= 11 is 0. The average molecular weight is 430 g/mol. The molecule has 1 aromatic carbocycles. The summed E-state index contributed by atoms with van der Waals surface area (Å²) in [7, 11) is 1.85. The van der Waals surface area contributed by atoms with E-state index >= 15 is 0 Å². The molecule has 9 heteroatoms. The number of halogens is 3. The van der Waals surface area contributed by atoms with Crippen molar-refractivity contribution in [3.63, 3.8) is 0 Å². The lowest BCUT2D eigenvalue weighted by Crippen LogP contribution is -2.23. The minimum Gasteiger partial charge on any atom is -0.367 e. The number of alkyl halides is 3. The van der Waals surface area contributed by atoms with Crippen LogP contribution in [-0.2, 0) is 19.8 Å².